The first kappa shape index (κ1) is 5.95. The Labute approximate surface area is 54.4 Å². The lowest BCUT2D eigenvalue weighted by molar-refractivity contribution is 0.431. The van der Waals surface area contributed by atoms with E-state index in [9.17, 15) is 0 Å². The molecule has 0 atom stereocenters. The lowest BCUT2D eigenvalue weighted by Crippen LogP contribution is -1.97. The maximum absolute atomic E-state index is 8.90. The average Bonchev–Trinajstić information content (AvgIpc) is 1.97. The smallest absolute Gasteiger partial charge is 0.117 e. The Bertz CT molecular complexity index is 179. The molecule has 0 unspecified atom stereocenters. The number of hydrogen-bond acceptors (Lipinski definition) is 2. The Balaban J connectivity index is 2.75. The highest BCUT2D eigenvalue weighted by Crippen LogP contribution is 1.99. The molecule has 0 aromatic heterocycles. The molecular formula is C7H9NO. The summed E-state index contributed by atoms with van der Waals surface area (Å²) in [5, 5.41) is 8.90. The molecule has 0 aromatic carbocycles. The van der Waals surface area contributed by atoms with E-state index in [1.54, 1.807) is 24.4 Å². The maximum atomic E-state index is 8.90. The minimum atomic E-state index is 0.288. The van der Waals surface area contributed by atoms with Crippen molar-refractivity contribution in [1.29, 1.82) is 0 Å². The summed E-state index contributed by atoms with van der Waals surface area (Å²) in [5.41, 5.74) is 0. The second-order valence-electron chi connectivity index (χ2n) is 1.91. The van der Waals surface area contributed by atoms with E-state index >= 15 is 0 Å². The molecule has 0 saturated carbocycles. The normalized spacial score (nSPS) is 17.4. The van der Waals surface area contributed by atoms with Crippen LogP contribution in [0.15, 0.2) is 36.4 Å². The fraction of sp³-hybridized carbons (Fsp3) is 0.143. The first-order valence-electron chi connectivity index (χ1n) is 2.76. The minimum Gasteiger partial charge on any atom is -0.508 e. The largest absolute Gasteiger partial charge is 0.508 e. The molecular weight excluding hydrogens is 114 g/mol. The molecule has 1 heterocycles. The van der Waals surface area contributed by atoms with E-state index in [-0.39, 0.29) is 5.76 Å². The van der Waals surface area contributed by atoms with Gasteiger partial charge >= 0.3 is 0 Å². The van der Waals surface area contributed by atoms with Crippen molar-refractivity contribution in [3.8, 4) is 0 Å². The molecule has 0 saturated heterocycles. The predicted molar refractivity (Wildman–Crippen MR) is 36.8 cm³/mol. The van der Waals surface area contributed by atoms with Crippen LogP contribution in [0.3, 0.4) is 0 Å². The van der Waals surface area contributed by atoms with E-state index in [1.807, 2.05) is 18.1 Å². The van der Waals surface area contributed by atoms with Gasteiger partial charge in [0.1, 0.15) is 5.76 Å². The van der Waals surface area contributed by atoms with Crippen LogP contribution in [-0.2, 0) is 0 Å². The molecule has 0 aliphatic carbocycles. The van der Waals surface area contributed by atoms with Gasteiger partial charge in [-0.25, -0.2) is 0 Å². The van der Waals surface area contributed by atoms with Crippen molar-refractivity contribution in [3.63, 3.8) is 0 Å². The van der Waals surface area contributed by atoms with Gasteiger partial charge in [0, 0.05) is 19.4 Å². The van der Waals surface area contributed by atoms with Crippen LogP contribution in [0.5, 0.6) is 0 Å². The molecule has 2 heteroatoms. The quantitative estimate of drug-likeness (QED) is 0.526. The van der Waals surface area contributed by atoms with Crippen molar-refractivity contribution in [3.05, 3.63) is 36.4 Å². The van der Waals surface area contributed by atoms with Crippen LogP contribution in [0.2, 0.25) is 0 Å². The molecule has 1 rings (SSSR count). The van der Waals surface area contributed by atoms with Crippen LogP contribution in [-0.4, -0.2) is 17.1 Å². The molecule has 1 N–H and O–H groups in total. The lowest BCUT2D eigenvalue weighted by atomic mass is 10.4. The number of hydrogen-bond donors (Lipinski definition) is 1. The molecule has 0 aromatic rings. The molecule has 2 nitrogen and oxygen atoms in total. The van der Waals surface area contributed by atoms with Crippen LogP contribution in [0.4, 0.5) is 0 Å². The van der Waals surface area contributed by atoms with Crippen LogP contribution in [0.1, 0.15) is 0 Å². The Morgan fingerprint density at radius 3 is 3.00 bits per heavy atom. The van der Waals surface area contributed by atoms with Gasteiger partial charge in [-0.2, -0.15) is 0 Å². The number of nitrogens with zero attached hydrogens (tertiary/aromatic N) is 1. The zero-order valence-corrected chi connectivity index (χ0v) is 5.28. The molecule has 1 aliphatic heterocycles. The number of rotatable bonds is 0. The van der Waals surface area contributed by atoms with Crippen LogP contribution in [0.25, 0.3) is 0 Å². The lowest BCUT2D eigenvalue weighted by Gasteiger charge is -2.02. The Morgan fingerprint density at radius 1 is 1.44 bits per heavy atom. The molecule has 0 bridgehead atoms. The van der Waals surface area contributed by atoms with Gasteiger partial charge in [-0.1, -0.05) is 0 Å². The number of aliphatic hydroxyl groups excluding tert-OH is 1. The standard InChI is InChI=1S/C7H9NO/c1-8-5-2-3-7(9)4-6-8/h2-6,9H,1H3. The number of aliphatic hydroxyl groups is 1. The predicted octanol–water partition coefficient (Wildman–Crippen LogP) is 1.40. The van der Waals surface area contributed by atoms with Gasteiger partial charge in [0.25, 0.3) is 0 Å². The molecule has 0 radical (unpaired) electrons. The third-order valence-electron chi connectivity index (χ3n) is 1.07. The van der Waals surface area contributed by atoms with E-state index in [1.165, 1.54) is 0 Å². The highest BCUT2D eigenvalue weighted by molar-refractivity contribution is 5.20. The number of allylic oxidation sites excluding steroid dienone is 3. The first-order valence-corrected chi connectivity index (χ1v) is 2.76. The molecule has 0 amide bonds. The summed E-state index contributed by atoms with van der Waals surface area (Å²) in [7, 11) is 1.90. The Hall–Kier alpha value is -1.18. The first-order chi connectivity index (χ1) is 4.29. The second-order valence-corrected chi connectivity index (χ2v) is 1.91. The monoisotopic (exact) mass is 123 g/mol. The average molecular weight is 123 g/mol. The Kier molecular flexibility index (Phi) is 1.58. The van der Waals surface area contributed by atoms with E-state index in [4.69, 9.17) is 5.11 Å². The zero-order chi connectivity index (χ0) is 6.69. The van der Waals surface area contributed by atoms with E-state index in [0.717, 1.165) is 0 Å². The molecule has 9 heavy (non-hydrogen) atoms. The summed E-state index contributed by atoms with van der Waals surface area (Å²) < 4.78 is 0. The fourth-order valence-corrected chi connectivity index (χ4v) is 0.577. The van der Waals surface area contributed by atoms with Gasteiger partial charge in [-0.3, -0.25) is 0 Å². The van der Waals surface area contributed by atoms with Crippen LogP contribution < -0.4 is 0 Å². The van der Waals surface area contributed by atoms with Crippen molar-refractivity contribution in [1.82, 2.24) is 4.90 Å². The van der Waals surface area contributed by atoms with E-state index < -0.39 is 0 Å². The Morgan fingerprint density at radius 2 is 2.22 bits per heavy atom. The summed E-state index contributed by atoms with van der Waals surface area (Å²) in [6.07, 6.45) is 8.71. The van der Waals surface area contributed by atoms with Crippen LogP contribution in [0, 0.1) is 0 Å². The molecule has 0 fully saturated rings. The SMILES string of the molecule is CN1C=CC=C(O)C=C1. The topological polar surface area (TPSA) is 23.5 Å². The van der Waals surface area contributed by atoms with Gasteiger partial charge in [0.15, 0.2) is 0 Å². The fourth-order valence-electron chi connectivity index (χ4n) is 0.577. The third kappa shape index (κ3) is 1.64. The summed E-state index contributed by atoms with van der Waals surface area (Å²) in [4.78, 5) is 1.86. The van der Waals surface area contributed by atoms with Crippen LogP contribution >= 0.6 is 0 Å². The van der Waals surface area contributed by atoms with Gasteiger partial charge in [-0.05, 0) is 18.2 Å². The molecule has 48 valence electrons. The van der Waals surface area contributed by atoms with Crippen molar-refractivity contribution in [2.75, 3.05) is 7.05 Å². The second kappa shape index (κ2) is 2.40. The minimum absolute atomic E-state index is 0.288. The van der Waals surface area contributed by atoms with Crippen molar-refractivity contribution < 1.29 is 5.11 Å². The van der Waals surface area contributed by atoms with E-state index in [2.05, 4.69) is 0 Å². The van der Waals surface area contributed by atoms with Gasteiger partial charge in [-0.15, -0.1) is 0 Å². The highest BCUT2D eigenvalue weighted by Gasteiger charge is 1.88. The molecule has 1 aliphatic rings. The van der Waals surface area contributed by atoms with E-state index in [0.29, 0.717) is 0 Å². The van der Waals surface area contributed by atoms with Gasteiger partial charge < -0.3 is 10.0 Å². The van der Waals surface area contributed by atoms with Gasteiger partial charge in [0.05, 0.1) is 0 Å². The van der Waals surface area contributed by atoms with Crippen molar-refractivity contribution in [2.24, 2.45) is 0 Å². The summed E-state index contributed by atoms with van der Waals surface area (Å²) >= 11 is 0. The highest BCUT2D eigenvalue weighted by atomic mass is 16.3. The zero-order valence-electron chi connectivity index (χ0n) is 5.28. The third-order valence-corrected chi connectivity index (χ3v) is 1.07. The summed E-state index contributed by atoms with van der Waals surface area (Å²) in [5.74, 6) is 0.288. The van der Waals surface area contributed by atoms with Crippen molar-refractivity contribution in [2.45, 2.75) is 0 Å². The van der Waals surface area contributed by atoms with Gasteiger partial charge in [0.2, 0.25) is 0 Å². The maximum Gasteiger partial charge on any atom is 0.117 e. The molecule has 0 spiro atoms. The summed E-state index contributed by atoms with van der Waals surface area (Å²) in [6.45, 7) is 0. The summed E-state index contributed by atoms with van der Waals surface area (Å²) in [6, 6.07) is 0. The van der Waals surface area contributed by atoms with Crippen molar-refractivity contribution >= 4 is 0 Å².